The molecule has 0 bridgehead atoms. The Morgan fingerprint density at radius 3 is 2.47 bits per heavy atom. The quantitative estimate of drug-likeness (QED) is 0.392. The molecule has 7 heteroatoms. The molecule has 1 heterocycles. The molecule has 6 nitrogen and oxygen atoms in total. The van der Waals surface area contributed by atoms with Crippen molar-refractivity contribution >= 4 is 29.2 Å². The summed E-state index contributed by atoms with van der Waals surface area (Å²) in [5.41, 5.74) is 2.64. The van der Waals surface area contributed by atoms with E-state index in [-0.39, 0.29) is 11.1 Å². The highest BCUT2D eigenvalue weighted by molar-refractivity contribution is 6.30. The van der Waals surface area contributed by atoms with Crippen molar-refractivity contribution in [3.05, 3.63) is 94.5 Å². The maximum atomic E-state index is 12.6. The Balaban J connectivity index is 1.78. The molecule has 0 radical (unpaired) electrons. The predicted molar refractivity (Wildman–Crippen MR) is 127 cm³/mol. The number of amides is 1. The second-order valence-corrected chi connectivity index (χ2v) is 7.81. The van der Waals surface area contributed by atoms with Gasteiger partial charge in [-0.1, -0.05) is 55.3 Å². The zero-order chi connectivity index (χ0) is 23.1. The minimum atomic E-state index is -1.14. The van der Waals surface area contributed by atoms with Gasteiger partial charge in [-0.25, -0.2) is 9.78 Å². The van der Waals surface area contributed by atoms with Crippen molar-refractivity contribution in [2.24, 2.45) is 0 Å². The molecule has 0 atom stereocenters. The highest BCUT2D eigenvalue weighted by Crippen LogP contribution is 2.22. The van der Waals surface area contributed by atoms with E-state index in [1.807, 2.05) is 18.2 Å². The number of benzene rings is 2. The standard InChI is InChI=1S/C25H26ClN3O3/c1-3-5-11-22-28-23(26)21(8-4-2)29(22)16-17-12-14-18(15-13-17)27-24(30)19-9-6-7-10-20(19)25(31)32/h4,6-7,9-10,12-15H,2-3,5,8,11,16H2,1H3,(H,27,30)(H,31,32). The van der Waals surface area contributed by atoms with E-state index in [4.69, 9.17) is 11.6 Å². The number of aromatic nitrogens is 2. The zero-order valence-electron chi connectivity index (χ0n) is 18.0. The van der Waals surface area contributed by atoms with Gasteiger partial charge in [-0.2, -0.15) is 0 Å². The monoisotopic (exact) mass is 451 g/mol. The third kappa shape index (κ3) is 5.45. The zero-order valence-corrected chi connectivity index (χ0v) is 18.7. The average Bonchev–Trinajstić information content (AvgIpc) is 3.08. The Morgan fingerprint density at radius 2 is 1.84 bits per heavy atom. The summed E-state index contributed by atoms with van der Waals surface area (Å²) in [6, 6.07) is 13.6. The van der Waals surface area contributed by atoms with Gasteiger partial charge in [0.25, 0.3) is 5.91 Å². The number of carbonyl (C=O) groups is 2. The summed E-state index contributed by atoms with van der Waals surface area (Å²) in [4.78, 5) is 28.5. The highest BCUT2D eigenvalue weighted by Gasteiger charge is 2.17. The number of aromatic carboxylic acids is 1. The normalized spacial score (nSPS) is 10.7. The molecule has 0 spiro atoms. The summed E-state index contributed by atoms with van der Waals surface area (Å²) in [6.45, 7) is 6.57. The van der Waals surface area contributed by atoms with Gasteiger partial charge in [0.1, 0.15) is 5.82 Å². The number of carboxylic acids is 1. The van der Waals surface area contributed by atoms with E-state index >= 15 is 0 Å². The molecular formula is C25H26ClN3O3. The van der Waals surface area contributed by atoms with Crippen LogP contribution < -0.4 is 5.32 Å². The molecule has 2 N–H and O–H groups in total. The molecule has 3 rings (SSSR count). The molecule has 0 aliphatic heterocycles. The maximum absolute atomic E-state index is 12.6. The van der Waals surface area contributed by atoms with Crippen LogP contribution in [-0.2, 0) is 19.4 Å². The minimum Gasteiger partial charge on any atom is -0.478 e. The molecule has 0 saturated heterocycles. The van der Waals surface area contributed by atoms with Gasteiger partial charge >= 0.3 is 5.97 Å². The van der Waals surface area contributed by atoms with Crippen molar-refractivity contribution in [3.63, 3.8) is 0 Å². The number of hydrogen-bond donors (Lipinski definition) is 2. The van der Waals surface area contributed by atoms with Crippen LogP contribution in [0.5, 0.6) is 0 Å². The summed E-state index contributed by atoms with van der Waals surface area (Å²) in [7, 11) is 0. The number of allylic oxidation sites excluding steroid dienone is 1. The molecule has 1 amide bonds. The minimum absolute atomic E-state index is 0.0343. The summed E-state index contributed by atoms with van der Waals surface area (Å²) >= 11 is 6.38. The number of imidazole rings is 1. The molecule has 2 aromatic carbocycles. The van der Waals surface area contributed by atoms with Crippen molar-refractivity contribution < 1.29 is 14.7 Å². The Bertz CT molecular complexity index is 1120. The van der Waals surface area contributed by atoms with Crippen molar-refractivity contribution in [1.82, 2.24) is 9.55 Å². The Kier molecular flexibility index (Phi) is 7.84. The van der Waals surface area contributed by atoms with Crippen LogP contribution in [0, 0.1) is 0 Å². The van der Waals surface area contributed by atoms with Gasteiger partial charge in [0.05, 0.1) is 16.8 Å². The van der Waals surface area contributed by atoms with E-state index in [1.165, 1.54) is 12.1 Å². The van der Waals surface area contributed by atoms with Gasteiger partial charge in [-0.05, 0) is 36.2 Å². The lowest BCUT2D eigenvalue weighted by atomic mass is 10.1. The fraction of sp³-hybridized carbons (Fsp3) is 0.240. The Morgan fingerprint density at radius 1 is 1.16 bits per heavy atom. The third-order valence-corrected chi connectivity index (χ3v) is 5.45. The molecule has 32 heavy (non-hydrogen) atoms. The smallest absolute Gasteiger partial charge is 0.336 e. The van der Waals surface area contributed by atoms with Crippen LogP contribution in [-0.4, -0.2) is 26.5 Å². The lowest BCUT2D eigenvalue weighted by Crippen LogP contribution is -2.16. The van der Waals surface area contributed by atoms with Crippen LogP contribution in [0.4, 0.5) is 5.69 Å². The van der Waals surface area contributed by atoms with Crippen molar-refractivity contribution in [1.29, 1.82) is 0 Å². The van der Waals surface area contributed by atoms with E-state index in [0.29, 0.717) is 23.8 Å². The largest absolute Gasteiger partial charge is 0.478 e. The number of halogens is 1. The van der Waals surface area contributed by atoms with Crippen molar-refractivity contribution in [2.75, 3.05) is 5.32 Å². The van der Waals surface area contributed by atoms with Crippen molar-refractivity contribution in [3.8, 4) is 0 Å². The van der Waals surface area contributed by atoms with Gasteiger partial charge in [0.15, 0.2) is 5.15 Å². The van der Waals surface area contributed by atoms with Crippen LogP contribution in [0.3, 0.4) is 0 Å². The second-order valence-electron chi connectivity index (χ2n) is 7.45. The number of hydrogen-bond acceptors (Lipinski definition) is 3. The summed E-state index contributed by atoms with van der Waals surface area (Å²) in [6.07, 6.45) is 5.40. The molecule has 1 aromatic heterocycles. The number of nitrogens with one attached hydrogen (secondary N) is 1. The molecule has 0 fully saturated rings. The topological polar surface area (TPSA) is 84.2 Å². The summed E-state index contributed by atoms with van der Waals surface area (Å²) in [5, 5.41) is 12.6. The predicted octanol–water partition coefficient (Wildman–Crippen LogP) is 5.61. The first kappa shape index (κ1) is 23.3. The number of carboxylic acid groups (broad SMARTS) is 1. The fourth-order valence-corrected chi connectivity index (χ4v) is 3.77. The Labute approximate surface area is 192 Å². The SMILES string of the molecule is C=CCc1c(Cl)nc(CCCC)n1Cc1ccc(NC(=O)c2ccccc2C(=O)O)cc1. The van der Waals surface area contributed by atoms with Gasteiger partial charge < -0.3 is 15.0 Å². The maximum Gasteiger partial charge on any atom is 0.336 e. The summed E-state index contributed by atoms with van der Waals surface area (Å²) < 4.78 is 2.14. The first-order valence-electron chi connectivity index (χ1n) is 10.5. The lowest BCUT2D eigenvalue weighted by Gasteiger charge is -2.13. The number of nitrogens with zero attached hydrogens (tertiary/aromatic N) is 2. The van der Waals surface area contributed by atoms with Crippen LogP contribution in [0.25, 0.3) is 0 Å². The summed E-state index contributed by atoms with van der Waals surface area (Å²) in [5.74, 6) is -0.650. The molecule has 0 saturated carbocycles. The Hall–Kier alpha value is -3.38. The first-order chi connectivity index (χ1) is 15.4. The molecule has 166 valence electrons. The van der Waals surface area contributed by atoms with Crippen LogP contribution >= 0.6 is 11.6 Å². The number of carbonyl (C=O) groups excluding carboxylic acids is 1. The van der Waals surface area contributed by atoms with E-state index in [2.05, 4.69) is 28.4 Å². The van der Waals surface area contributed by atoms with Crippen molar-refractivity contribution in [2.45, 2.75) is 39.2 Å². The molecule has 3 aromatic rings. The number of aryl methyl sites for hydroxylation is 1. The number of unbranched alkanes of at least 4 members (excludes halogenated alkanes) is 1. The van der Waals surface area contributed by atoms with Gasteiger partial charge in [-0.15, -0.1) is 6.58 Å². The van der Waals surface area contributed by atoms with Crippen LogP contribution in [0.2, 0.25) is 5.15 Å². The highest BCUT2D eigenvalue weighted by atomic mass is 35.5. The van der Waals surface area contributed by atoms with Crippen LogP contribution in [0.15, 0.2) is 61.2 Å². The molecular weight excluding hydrogens is 426 g/mol. The fourth-order valence-electron chi connectivity index (χ4n) is 3.49. The molecule has 0 aliphatic carbocycles. The molecule has 0 unspecified atom stereocenters. The first-order valence-corrected chi connectivity index (χ1v) is 10.9. The van der Waals surface area contributed by atoms with Gasteiger partial charge in [-0.3, -0.25) is 4.79 Å². The van der Waals surface area contributed by atoms with E-state index in [1.54, 1.807) is 24.3 Å². The van der Waals surface area contributed by atoms with Gasteiger partial charge in [0, 0.05) is 25.1 Å². The molecule has 0 aliphatic rings. The number of rotatable bonds is 10. The van der Waals surface area contributed by atoms with E-state index < -0.39 is 11.9 Å². The third-order valence-electron chi connectivity index (χ3n) is 5.15. The number of anilines is 1. The second kappa shape index (κ2) is 10.8. The van der Waals surface area contributed by atoms with E-state index in [0.717, 1.165) is 36.3 Å². The average molecular weight is 452 g/mol. The van der Waals surface area contributed by atoms with Crippen LogP contribution in [0.1, 0.15) is 57.6 Å². The van der Waals surface area contributed by atoms with E-state index in [9.17, 15) is 14.7 Å². The lowest BCUT2D eigenvalue weighted by molar-refractivity contribution is 0.0692. The van der Waals surface area contributed by atoms with Gasteiger partial charge in [0.2, 0.25) is 0 Å².